The van der Waals surface area contributed by atoms with Gasteiger partial charge in [-0.25, -0.2) is 9.59 Å². The topological polar surface area (TPSA) is 133 Å². The zero-order valence-corrected chi connectivity index (χ0v) is 22.7. The molecule has 4 N–H and O–H groups in total. The maximum Gasteiger partial charge on any atom is 0.336 e. The number of carboxylic acids is 2. The highest BCUT2D eigenvalue weighted by molar-refractivity contribution is 6.26. The number of anilines is 2. The van der Waals surface area contributed by atoms with Gasteiger partial charge in [-0.2, -0.15) is 0 Å². The summed E-state index contributed by atoms with van der Waals surface area (Å²) < 4.78 is 0. The maximum atomic E-state index is 13.7. The smallest absolute Gasteiger partial charge is 0.336 e. The van der Waals surface area contributed by atoms with Gasteiger partial charge in [-0.15, -0.1) is 0 Å². The second kappa shape index (κ2) is 11.4. The molecule has 204 valence electrons. The molecule has 2 amide bonds. The minimum atomic E-state index is -1.36. The Bertz CT molecular complexity index is 1570. The molecule has 4 rings (SSSR count). The van der Waals surface area contributed by atoms with Crippen LogP contribution < -0.4 is 10.6 Å². The number of fused-ring (bicyclic) bond motifs is 1. The van der Waals surface area contributed by atoms with Crippen LogP contribution in [-0.4, -0.2) is 34.0 Å². The summed E-state index contributed by atoms with van der Waals surface area (Å²) >= 11 is 0. The van der Waals surface area contributed by atoms with Crippen molar-refractivity contribution >= 4 is 45.9 Å². The lowest BCUT2D eigenvalue weighted by Crippen LogP contribution is -2.20. The summed E-state index contributed by atoms with van der Waals surface area (Å²) in [4.78, 5) is 51.9. The van der Waals surface area contributed by atoms with Crippen LogP contribution in [0.15, 0.2) is 60.7 Å². The normalized spacial score (nSPS) is 10.8. The molecule has 0 atom stereocenters. The van der Waals surface area contributed by atoms with Gasteiger partial charge in [-0.3, -0.25) is 9.59 Å². The number of para-hydroxylation sites is 2. The molecule has 0 unspecified atom stereocenters. The summed E-state index contributed by atoms with van der Waals surface area (Å²) in [5.74, 6) is -3.94. The van der Waals surface area contributed by atoms with Crippen LogP contribution in [0.25, 0.3) is 10.8 Å². The molecule has 0 radical (unpaired) electrons. The number of benzene rings is 4. The van der Waals surface area contributed by atoms with Crippen LogP contribution in [0.5, 0.6) is 0 Å². The van der Waals surface area contributed by atoms with E-state index in [2.05, 4.69) is 10.6 Å². The fourth-order valence-electron chi connectivity index (χ4n) is 5.00. The Kier molecular flexibility index (Phi) is 8.00. The lowest BCUT2D eigenvalue weighted by atomic mass is 9.90. The number of aromatic carboxylic acids is 2. The Balaban J connectivity index is 1.95. The molecule has 0 heterocycles. The molecule has 0 spiro atoms. The van der Waals surface area contributed by atoms with Gasteiger partial charge in [0.25, 0.3) is 11.8 Å². The molecule has 0 aliphatic carbocycles. The molecule has 4 aromatic carbocycles. The van der Waals surface area contributed by atoms with Crippen molar-refractivity contribution in [1.29, 1.82) is 0 Å². The Hall–Kier alpha value is -4.98. The number of hydrogen-bond donors (Lipinski definition) is 4. The van der Waals surface area contributed by atoms with Crippen molar-refractivity contribution in [2.24, 2.45) is 0 Å². The average Bonchev–Trinajstić information content (AvgIpc) is 2.93. The highest BCUT2D eigenvalue weighted by Crippen LogP contribution is 2.33. The van der Waals surface area contributed by atoms with Gasteiger partial charge in [0.2, 0.25) is 0 Å². The van der Waals surface area contributed by atoms with Crippen molar-refractivity contribution in [2.75, 3.05) is 10.6 Å². The van der Waals surface area contributed by atoms with Crippen LogP contribution in [0.1, 0.15) is 77.5 Å². The SMILES string of the molecule is CCc1cccc(C)c1NC(=O)c1ccc(C(=O)Nc2c(C)cccc2CC)c2c(C(=O)O)ccc(C(=O)O)c12. The average molecular weight is 539 g/mol. The van der Waals surface area contributed by atoms with Crippen molar-refractivity contribution in [3.05, 3.63) is 105 Å². The zero-order valence-electron chi connectivity index (χ0n) is 22.7. The molecule has 0 fully saturated rings. The summed E-state index contributed by atoms with van der Waals surface area (Å²) in [5, 5.41) is 25.6. The van der Waals surface area contributed by atoms with E-state index in [9.17, 15) is 29.4 Å². The lowest BCUT2D eigenvalue weighted by molar-refractivity contribution is 0.0684. The van der Waals surface area contributed by atoms with Crippen molar-refractivity contribution in [1.82, 2.24) is 0 Å². The molecule has 0 bridgehead atoms. The Morgan fingerprint density at radius 2 is 0.925 bits per heavy atom. The van der Waals surface area contributed by atoms with E-state index in [4.69, 9.17) is 0 Å². The van der Waals surface area contributed by atoms with Gasteiger partial charge < -0.3 is 20.8 Å². The third-order valence-corrected chi connectivity index (χ3v) is 7.07. The van der Waals surface area contributed by atoms with Gasteiger partial charge >= 0.3 is 11.9 Å². The number of rotatable bonds is 8. The molecule has 0 aromatic heterocycles. The minimum absolute atomic E-state index is 0.0532. The quantitative estimate of drug-likeness (QED) is 0.203. The molecule has 0 saturated heterocycles. The van der Waals surface area contributed by atoms with Crippen LogP contribution in [0.3, 0.4) is 0 Å². The van der Waals surface area contributed by atoms with E-state index in [-0.39, 0.29) is 33.0 Å². The van der Waals surface area contributed by atoms with Gasteiger partial charge in [0.05, 0.1) is 11.1 Å². The Labute approximate surface area is 231 Å². The van der Waals surface area contributed by atoms with Gasteiger partial charge in [-0.1, -0.05) is 50.2 Å². The molecule has 4 aromatic rings. The van der Waals surface area contributed by atoms with E-state index in [1.807, 2.05) is 64.1 Å². The highest BCUT2D eigenvalue weighted by atomic mass is 16.4. The van der Waals surface area contributed by atoms with Gasteiger partial charge in [0.15, 0.2) is 0 Å². The van der Waals surface area contributed by atoms with Crippen LogP contribution in [0.2, 0.25) is 0 Å². The zero-order chi connectivity index (χ0) is 29.1. The maximum absolute atomic E-state index is 13.7. The summed E-state index contributed by atoms with van der Waals surface area (Å²) in [5.41, 5.74) is 3.95. The summed E-state index contributed by atoms with van der Waals surface area (Å²) in [7, 11) is 0. The summed E-state index contributed by atoms with van der Waals surface area (Å²) in [6.07, 6.45) is 1.30. The van der Waals surface area contributed by atoms with Crippen LogP contribution in [0.4, 0.5) is 11.4 Å². The van der Waals surface area contributed by atoms with Crippen molar-refractivity contribution < 1.29 is 29.4 Å². The number of hydrogen-bond acceptors (Lipinski definition) is 4. The first kappa shape index (κ1) is 28.0. The molecular weight excluding hydrogens is 508 g/mol. The third kappa shape index (κ3) is 5.16. The second-order valence-electron chi connectivity index (χ2n) is 9.52. The van der Waals surface area contributed by atoms with Crippen molar-refractivity contribution in [2.45, 2.75) is 40.5 Å². The number of carboxylic acid groups (broad SMARTS) is 2. The van der Waals surface area contributed by atoms with Crippen molar-refractivity contribution in [3.63, 3.8) is 0 Å². The fraction of sp³-hybridized carbons (Fsp3) is 0.188. The highest BCUT2D eigenvalue weighted by Gasteiger charge is 2.26. The molecule has 0 aliphatic heterocycles. The predicted molar refractivity (Wildman–Crippen MR) is 155 cm³/mol. The Morgan fingerprint density at radius 3 is 1.25 bits per heavy atom. The first-order chi connectivity index (χ1) is 19.1. The number of nitrogens with one attached hydrogen (secondary N) is 2. The molecule has 0 saturated carbocycles. The molecule has 8 heteroatoms. The van der Waals surface area contributed by atoms with E-state index in [1.54, 1.807) is 0 Å². The lowest BCUT2D eigenvalue weighted by Gasteiger charge is -2.18. The van der Waals surface area contributed by atoms with Crippen LogP contribution in [0, 0.1) is 13.8 Å². The largest absolute Gasteiger partial charge is 0.478 e. The molecular formula is C32H30N2O6. The van der Waals surface area contributed by atoms with Gasteiger partial charge in [0.1, 0.15) is 0 Å². The van der Waals surface area contributed by atoms with E-state index in [0.29, 0.717) is 24.2 Å². The summed E-state index contributed by atoms with van der Waals surface area (Å²) in [6, 6.07) is 16.3. The van der Waals surface area contributed by atoms with E-state index in [0.717, 1.165) is 34.4 Å². The Morgan fingerprint density at radius 1 is 0.575 bits per heavy atom. The van der Waals surface area contributed by atoms with E-state index in [1.165, 1.54) is 12.1 Å². The number of amides is 2. The monoisotopic (exact) mass is 538 g/mol. The van der Waals surface area contributed by atoms with Gasteiger partial charge in [0, 0.05) is 33.3 Å². The number of aryl methyl sites for hydroxylation is 4. The van der Waals surface area contributed by atoms with Crippen molar-refractivity contribution in [3.8, 4) is 0 Å². The summed E-state index contributed by atoms with van der Waals surface area (Å²) in [6.45, 7) is 7.60. The standard InChI is InChI=1S/C32H30N2O6/c1-5-19-11-7-9-17(3)27(19)33-29(35)21-13-14-22(30(36)34-28-18(4)10-8-12-20(28)6-2)26-24(32(39)40)16-15-23(25(21)26)31(37)38/h7-16H,5-6H2,1-4H3,(H,33,35)(H,34,36)(H,37,38)(H,39,40). The van der Waals surface area contributed by atoms with E-state index >= 15 is 0 Å². The third-order valence-electron chi connectivity index (χ3n) is 7.07. The fourth-order valence-corrected chi connectivity index (χ4v) is 5.00. The van der Waals surface area contributed by atoms with Gasteiger partial charge in [-0.05, 0) is 73.2 Å². The molecule has 40 heavy (non-hydrogen) atoms. The number of carbonyl (C=O) groups excluding carboxylic acids is 2. The van der Waals surface area contributed by atoms with Crippen LogP contribution >= 0.6 is 0 Å². The molecule has 0 aliphatic rings. The second-order valence-corrected chi connectivity index (χ2v) is 9.52. The van der Waals surface area contributed by atoms with E-state index < -0.39 is 23.8 Å². The molecule has 8 nitrogen and oxygen atoms in total. The minimum Gasteiger partial charge on any atom is -0.478 e. The first-order valence-electron chi connectivity index (χ1n) is 12.9. The van der Waals surface area contributed by atoms with Crippen LogP contribution in [-0.2, 0) is 12.8 Å². The predicted octanol–water partition coefficient (Wildman–Crippen LogP) is 6.48. The first-order valence-corrected chi connectivity index (χ1v) is 12.9. The number of carbonyl (C=O) groups is 4.